The minimum absolute atomic E-state index is 0.174. The molecule has 2 aromatic heterocycles. The molecule has 0 aliphatic carbocycles. The van der Waals surface area contributed by atoms with E-state index in [4.69, 9.17) is 5.73 Å². The first kappa shape index (κ1) is 11.9. The summed E-state index contributed by atoms with van der Waals surface area (Å²) >= 11 is 0. The lowest BCUT2D eigenvalue weighted by molar-refractivity contribution is 0.578. The molecule has 17 heavy (non-hydrogen) atoms. The number of nitrogens with zero attached hydrogens (tertiary/aromatic N) is 4. The Morgan fingerprint density at radius 1 is 1.47 bits per heavy atom. The molecule has 0 saturated carbocycles. The average molecular weight is 233 g/mol. The van der Waals surface area contributed by atoms with Crippen molar-refractivity contribution in [3.63, 3.8) is 0 Å². The molecule has 5 heteroatoms. The number of hydrogen-bond donors (Lipinski definition) is 1. The predicted octanol–water partition coefficient (Wildman–Crippen LogP) is 1.04. The van der Waals surface area contributed by atoms with Crippen molar-refractivity contribution >= 4 is 0 Å². The molecule has 2 N–H and O–H groups in total. The molecule has 0 spiro atoms. The van der Waals surface area contributed by atoms with Gasteiger partial charge in [-0.25, -0.2) is 9.67 Å². The second kappa shape index (κ2) is 5.14. The fourth-order valence-electron chi connectivity index (χ4n) is 1.95. The highest BCUT2D eigenvalue weighted by molar-refractivity contribution is 5.10. The van der Waals surface area contributed by atoms with Gasteiger partial charge in [-0.05, 0) is 26.0 Å². The van der Waals surface area contributed by atoms with Crippen LogP contribution < -0.4 is 5.73 Å². The quantitative estimate of drug-likeness (QED) is 0.839. The molecule has 0 radical (unpaired) electrons. The molecular formula is C12H19N5. The van der Waals surface area contributed by atoms with E-state index in [0.717, 1.165) is 25.3 Å². The summed E-state index contributed by atoms with van der Waals surface area (Å²) in [6.07, 6.45) is 4.55. The van der Waals surface area contributed by atoms with Crippen molar-refractivity contribution < 1.29 is 0 Å². The van der Waals surface area contributed by atoms with Gasteiger partial charge in [0, 0.05) is 30.9 Å². The monoisotopic (exact) mass is 233 g/mol. The van der Waals surface area contributed by atoms with Gasteiger partial charge in [0.2, 0.25) is 0 Å². The lowest BCUT2D eigenvalue weighted by Gasteiger charge is -2.11. The summed E-state index contributed by atoms with van der Waals surface area (Å²) < 4.78 is 4.09. The third-order valence-electron chi connectivity index (χ3n) is 2.76. The Labute approximate surface area is 101 Å². The van der Waals surface area contributed by atoms with Crippen LogP contribution in [0.1, 0.15) is 25.4 Å². The van der Waals surface area contributed by atoms with E-state index in [1.165, 1.54) is 5.69 Å². The third-order valence-corrected chi connectivity index (χ3v) is 2.76. The molecule has 0 aliphatic heterocycles. The van der Waals surface area contributed by atoms with E-state index in [9.17, 15) is 0 Å². The lowest BCUT2D eigenvalue weighted by atomic mass is 10.2. The summed E-state index contributed by atoms with van der Waals surface area (Å²) in [4.78, 5) is 4.28. The average Bonchev–Trinajstić information content (AvgIpc) is 2.88. The minimum atomic E-state index is 0.174. The van der Waals surface area contributed by atoms with Gasteiger partial charge in [-0.2, -0.15) is 5.10 Å². The number of rotatable bonds is 5. The van der Waals surface area contributed by atoms with Crippen LogP contribution >= 0.6 is 0 Å². The predicted molar refractivity (Wildman–Crippen MR) is 66.6 cm³/mol. The molecule has 0 fully saturated rings. The van der Waals surface area contributed by atoms with Crippen LogP contribution in [0.5, 0.6) is 0 Å². The van der Waals surface area contributed by atoms with Crippen LogP contribution in [0, 0.1) is 0 Å². The highest BCUT2D eigenvalue weighted by Gasteiger charge is 2.07. The molecule has 92 valence electrons. The molecule has 0 amide bonds. The summed E-state index contributed by atoms with van der Waals surface area (Å²) in [5, 5.41) is 4.17. The van der Waals surface area contributed by atoms with Crippen molar-refractivity contribution in [2.45, 2.75) is 39.4 Å². The molecule has 2 aromatic rings. The largest absolute Gasteiger partial charge is 0.344 e. The maximum atomic E-state index is 5.84. The van der Waals surface area contributed by atoms with E-state index in [0.29, 0.717) is 0 Å². The Bertz CT molecular complexity index is 469. The van der Waals surface area contributed by atoms with Crippen LogP contribution in [0.15, 0.2) is 24.7 Å². The van der Waals surface area contributed by atoms with Crippen molar-refractivity contribution in [3.8, 4) is 0 Å². The van der Waals surface area contributed by atoms with E-state index in [1.54, 1.807) is 6.33 Å². The zero-order chi connectivity index (χ0) is 12.3. The Balaban J connectivity index is 2.16. The lowest BCUT2D eigenvalue weighted by Crippen LogP contribution is -2.20. The van der Waals surface area contributed by atoms with E-state index in [1.807, 2.05) is 17.7 Å². The van der Waals surface area contributed by atoms with Crippen molar-refractivity contribution in [2.75, 3.05) is 0 Å². The minimum Gasteiger partial charge on any atom is -0.344 e. The van der Waals surface area contributed by atoms with Crippen molar-refractivity contribution in [2.24, 2.45) is 5.73 Å². The maximum Gasteiger partial charge on any atom is 0.146 e. The van der Waals surface area contributed by atoms with Crippen LogP contribution in [-0.4, -0.2) is 25.4 Å². The maximum absolute atomic E-state index is 5.84. The molecular weight excluding hydrogens is 214 g/mol. The summed E-state index contributed by atoms with van der Waals surface area (Å²) in [5.41, 5.74) is 7.08. The van der Waals surface area contributed by atoms with Crippen LogP contribution in [0.4, 0.5) is 0 Å². The fraction of sp³-hybridized carbons (Fsp3) is 0.500. The van der Waals surface area contributed by atoms with Gasteiger partial charge in [0.25, 0.3) is 0 Å². The van der Waals surface area contributed by atoms with Crippen LogP contribution in [0.2, 0.25) is 0 Å². The van der Waals surface area contributed by atoms with Gasteiger partial charge in [0.05, 0.1) is 6.54 Å². The van der Waals surface area contributed by atoms with Crippen molar-refractivity contribution in [3.05, 3.63) is 36.2 Å². The van der Waals surface area contributed by atoms with E-state index in [2.05, 4.69) is 33.8 Å². The van der Waals surface area contributed by atoms with Gasteiger partial charge in [-0.3, -0.25) is 0 Å². The van der Waals surface area contributed by atoms with Crippen molar-refractivity contribution in [1.29, 1.82) is 0 Å². The first-order valence-electron chi connectivity index (χ1n) is 5.97. The van der Waals surface area contributed by atoms with E-state index < -0.39 is 0 Å². The van der Waals surface area contributed by atoms with E-state index in [-0.39, 0.29) is 6.04 Å². The molecule has 0 aromatic carbocycles. The zero-order valence-electron chi connectivity index (χ0n) is 10.4. The number of nitrogens with two attached hydrogens (primary N) is 1. The first-order valence-corrected chi connectivity index (χ1v) is 5.97. The fourth-order valence-corrected chi connectivity index (χ4v) is 1.95. The first-order chi connectivity index (χ1) is 8.20. The standard InChI is InChI=1S/C12H19N5/c1-3-17-12(14-9-15-17)8-16-6-4-5-11(16)7-10(2)13/h4-6,9-10H,3,7-8,13H2,1-2H3. The highest BCUT2D eigenvalue weighted by Crippen LogP contribution is 2.08. The van der Waals surface area contributed by atoms with Crippen LogP contribution in [0.25, 0.3) is 0 Å². The molecule has 0 bridgehead atoms. The summed E-state index contributed by atoms with van der Waals surface area (Å²) in [5.74, 6) is 0.981. The summed E-state index contributed by atoms with van der Waals surface area (Å²) in [6, 6.07) is 4.33. The van der Waals surface area contributed by atoms with Crippen LogP contribution in [-0.2, 0) is 19.5 Å². The number of aryl methyl sites for hydroxylation is 1. The Hall–Kier alpha value is -1.62. The molecule has 2 rings (SSSR count). The summed E-state index contributed by atoms with van der Waals surface area (Å²) in [6.45, 7) is 5.69. The zero-order valence-corrected chi connectivity index (χ0v) is 10.4. The van der Waals surface area contributed by atoms with Gasteiger partial charge >= 0.3 is 0 Å². The van der Waals surface area contributed by atoms with E-state index >= 15 is 0 Å². The Morgan fingerprint density at radius 2 is 2.29 bits per heavy atom. The second-order valence-corrected chi connectivity index (χ2v) is 4.30. The topological polar surface area (TPSA) is 61.7 Å². The molecule has 0 aliphatic rings. The molecule has 2 heterocycles. The second-order valence-electron chi connectivity index (χ2n) is 4.30. The van der Waals surface area contributed by atoms with Gasteiger partial charge in [-0.15, -0.1) is 0 Å². The van der Waals surface area contributed by atoms with Gasteiger partial charge in [0.1, 0.15) is 12.2 Å². The van der Waals surface area contributed by atoms with Crippen molar-refractivity contribution in [1.82, 2.24) is 19.3 Å². The van der Waals surface area contributed by atoms with Gasteiger partial charge in [-0.1, -0.05) is 0 Å². The van der Waals surface area contributed by atoms with Gasteiger partial charge in [0.15, 0.2) is 0 Å². The molecule has 1 atom stereocenters. The summed E-state index contributed by atoms with van der Waals surface area (Å²) in [7, 11) is 0. The molecule has 5 nitrogen and oxygen atoms in total. The number of hydrogen-bond acceptors (Lipinski definition) is 3. The molecule has 1 unspecified atom stereocenters. The SMILES string of the molecule is CCn1ncnc1Cn1cccc1CC(C)N. The van der Waals surface area contributed by atoms with Gasteiger partial charge < -0.3 is 10.3 Å². The third kappa shape index (κ3) is 2.74. The number of aromatic nitrogens is 4. The Kier molecular flexibility index (Phi) is 3.58. The Morgan fingerprint density at radius 3 is 3.00 bits per heavy atom. The highest BCUT2D eigenvalue weighted by atomic mass is 15.3. The normalized spacial score (nSPS) is 12.9. The smallest absolute Gasteiger partial charge is 0.146 e. The van der Waals surface area contributed by atoms with Crippen LogP contribution in [0.3, 0.4) is 0 Å². The molecule has 0 saturated heterocycles.